The quantitative estimate of drug-likeness (QED) is 0.600. The number of rotatable bonds is 10. The molecule has 0 saturated heterocycles. The minimum absolute atomic E-state index is 0.494. The maximum Gasteiger partial charge on any atom is 0.124 e. The molecule has 0 aliphatic rings. The van der Waals surface area contributed by atoms with Gasteiger partial charge in [0.15, 0.2) is 0 Å². The molecule has 0 aromatic rings. The van der Waals surface area contributed by atoms with Gasteiger partial charge in [-0.15, -0.1) is 19.7 Å². The Morgan fingerprint density at radius 1 is 1.00 bits per heavy atom. The van der Waals surface area contributed by atoms with E-state index in [2.05, 4.69) is 49.9 Å². The summed E-state index contributed by atoms with van der Waals surface area (Å²) in [5.74, 6) is 0. The van der Waals surface area contributed by atoms with Crippen molar-refractivity contribution in [1.29, 1.82) is 0 Å². The first-order valence-corrected chi connectivity index (χ1v) is 14.0. The molecule has 108 valence electrons. The van der Waals surface area contributed by atoms with E-state index >= 15 is 0 Å². The highest BCUT2D eigenvalue weighted by molar-refractivity contribution is 6.94. The first-order chi connectivity index (χ1) is 8.60. The summed E-state index contributed by atoms with van der Waals surface area (Å²) in [6.07, 6.45) is 0. The van der Waals surface area contributed by atoms with Gasteiger partial charge in [0.1, 0.15) is 8.07 Å². The van der Waals surface area contributed by atoms with E-state index in [9.17, 15) is 5.11 Å². The van der Waals surface area contributed by atoms with Gasteiger partial charge in [0.25, 0.3) is 0 Å². The van der Waals surface area contributed by atoms with Crippen molar-refractivity contribution in [3.63, 3.8) is 0 Å². The van der Waals surface area contributed by atoms with Gasteiger partial charge < -0.3 is 5.11 Å². The lowest BCUT2D eigenvalue weighted by Gasteiger charge is -2.28. The van der Waals surface area contributed by atoms with Crippen LogP contribution in [-0.2, 0) is 0 Å². The van der Waals surface area contributed by atoms with Crippen molar-refractivity contribution in [3.8, 4) is 0 Å². The Bertz CT molecular complexity index is 294. The summed E-state index contributed by atoms with van der Waals surface area (Å²) >= 11 is 0. The van der Waals surface area contributed by atoms with Crippen LogP contribution in [0.2, 0.25) is 37.3 Å². The standard InChI is InChI=1S/C15H30OSi3/c1-8-19(9-2,10-3)14-13-18(6,7)12-11-17-15(4,5)16/h8-10,16H,1-3,11-14H2,4-7H3. The fraction of sp³-hybridized carbons (Fsp3) is 0.600. The van der Waals surface area contributed by atoms with E-state index in [-0.39, 0.29) is 0 Å². The lowest BCUT2D eigenvalue weighted by Crippen LogP contribution is -2.34. The fourth-order valence-corrected chi connectivity index (χ4v) is 11.6. The van der Waals surface area contributed by atoms with Crippen molar-refractivity contribution in [2.24, 2.45) is 0 Å². The van der Waals surface area contributed by atoms with Gasteiger partial charge in [-0.25, -0.2) is 0 Å². The third-order valence-corrected chi connectivity index (χ3v) is 12.7. The van der Waals surface area contributed by atoms with E-state index in [1.54, 1.807) is 0 Å². The molecule has 0 aliphatic carbocycles. The molecule has 19 heavy (non-hydrogen) atoms. The summed E-state index contributed by atoms with van der Waals surface area (Å²) in [4.78, 5) is 0. The van der Waals surface area contributed by atoms with Gasteiger partial charge in [-0.1, -0.05) is 48.3 Å². The highest BCUT2D eigenvalue weighted by atomic mass is 28.3. The molecule has 0 rings (SSSR count). The molecule has 1 N–H and O–H groups in total. The van der Waals surface area contributed by atoms with E-state index in [0.717, 1.165) is 6.04 Å². The van der Waals surface area contributed by atoms with Crippen LogP contribution in [0.3, 0.4) is 0 Å². The first kappa shape index (κ1) is 18.8. The molecule has 0 heterocycles. The predicted molar refractivity (Wildman–Crippen MR) is 95.1 cm³/mol. The van der Waals surface area contributed by atoms with Crippen molar-refractivity contribution < 1.29 is 5.11 Å². The van der Waals surface area contributed by atoms with Gasteiger partial charge >= 0.3 is 0 Å². The molecule has 0 aliphatic heterocycles. The third kappa shape index (κ3) is 7.87. The second-order valence-corrected chi connectivity index (χ2v) is 18.0. The lowest BCUT2D eigenvalue weighted by atomic mass is 10.5. The molecule has 4 heteroatoms. The van der Waals surface area contributed by atoms with Gasteiger partial charge in [0, 0.05) is 13.3 Å². The number of hydrogen-bond donors (Lipinski definition) is 1. The zero-order chi connectivity index (χ0) is 15.2. The fourth-order valence-electron chi connectivity index (χ4n) is 1.94. The Hall–Kier alpha value is -0.169. The normalized spacial score (nSPS) is 13.1. The Kier molecular flexibility index (Phi) is 7.50. The molecule has 0 aromatic carbocycles. The highest BCUT2D eigenvalue weighted by Gasteiger charge is 2.28. The lowest BCUT2D eigenvalue weighted by molar-refractivity contribution is 0.165. The zero-order valence-electron chi connectivity index (χ0n) is 13.1. The molecular formula is C15H30OSi3. The monoisotopic (exact) mass is 310 g/mol. The molecule has 0 spiro atoms. The Balaban J connectivity index is 4.33. The van der Waals surface area contributed by atoms with E-state index in [1.165, 1.54) is 18.1 Å². The molecule has 0 saturated carbocycles. The molecule has 0 unspecified atom stereocenters. The predicted octanol–water partition coefficient (Wildman–Crippen LogP) is 4.17. The second-order valence-electron chi connectivity index (χ2n) is 6.62. The minimum Gasteiger partial charge on any atom is -0.395 e. The van der Waals surface area contributed by atoms with E-state index in [0.29, 0.717) is 9.52 Å². The Morgan fingerprint density at radius 2 is 1.47 bits per heavy atom. The van der Waals surface area contributed by atoms with Crippen LogP contribution in [0.5, 0.6) is 0 Å². The van der Waals surface area contributed by atoms with Gasteiger partial charge in [-0.3, -0.25) is 0 Å². The van der Waals surface area contributed by atoms with Crippen LogP contribution in [-0.4, -0.2) is 36.0 Å². The van der Waals surface area contributed by atoms with Gasteiger partial charge in [-0.05, 0) is 19.9 Å². The van der Waals surface area contributed by atoms with Crippen molar-refractivity contribution in [1.82, 2.24) is 0 Å². The van der Waals surface area contributed by atoms with E-state index < -0.39 is 21.4 Å². The third-order valence-electron chi connectivity index (χ3n) is 3.73. The first-order valence-electron chi connectivity index (χ1n) is 6.98. The van der Waals surface area contributed by atoms with Gasteiger partial charge in [-0.2, -0.15) is 0 Å². The maximum absolute atomic E-state index is 9.78. The molecule has 0 bridgehead atoms. The summed E-state index contributed by atoms with van der Waals surface area (Å²) < 4.78 is 0. The minimum atomic E-state index is -1.62. The maximum atomic E-state index is 9.78. The topological polar surface area (TPSA) is 20.2 Å². The van der Waals surface area contributed by atoms with Crippen molar-refractivity contribution in [3.05, 3.63) is 36.8 Å². The van der Waals surface area contributed by atoms with Crippen LogP contribution in [0, 0.1) is 0 Å². The summed E-state index contributed by atoms with van der Waals surface area (Å²) in [5.41, 5.74) is 6.28. The average Bonchev–Trinajstić information content (AvgIpc) is 2.29. The Morgan fingerprint density at radius 3 is 1.84 bits per heavy atom. The van der Waals surface area contributed by atoms with Crippen molar-refractivity contribution in [2.45, 2.75) is 56.3 Å². The van der Waals surface area contributed by atoms with Crippen LogP contribution < -0.4 is 0 Å². The summed E-state index contributed by atoms with van der Waals surface area (Å²) in [6.45, 7) is 20.6. The van der Waals surface area contributed by atoms with Crippen LogP contribution in [0.1, 0.15) is 13.8 Å². The van der Waals surface area contributed by atoms with E-state index in [1.807, 2.05) is 13.8 Å². The van der Waals surface area contributed by atoms with Crippen LogP contribution in [0.25, 0.3) is 0 Å². The zero-order valence-corrected chi connectivity index (χ0v) is 16.1. The summed E-state index contributed by atoms with van der Waals surface area (Å²) in [6, 6.07) is 4.97. The van der Waals surface area contributed by atoms with Crippen LogP contribution >= 0.6 is 0 Å². The van der Waals surface area contributed by atoms with Gasteiger partial charge in [0.2, 0.25) is 0 Å². The van der Waals surface area contributed by atoms with E-state index in [4.69, 9.17) is 0 Å². The molecule has 0 amide bonds. The molecule has 0 aromatic heterocycles. The molecule has 0 atom stereocenters. The molecular weight excluding hydrogens is 280 g/mol. The summed E-state index contributed by atoms with van der Waals surface area (Å²) in [5, 5.41) is 9.29. The van der Waals surface area contributed by atoms with Gasteiger partial charge in [0.05, 0.1) is 9.52 Å². The highest BCUT2D eigenvalue weighted by Crippen LogP contribution is 2.26. The SMILES string of the molecule is C=C[Si](C=C)(C=C)CC[Si](C)(C)CC[Si]C(C)(C)O. The smallest absolute Gasteiger partial charge is 0.124 e. The van der Waals surface area contributed by atoms with Crippen LogP contribution in [0.4, 0.5) is 0 Å². The molecule has 0 fully saturated rings. The summed E-state index contributed by atoms with van der Waals surface area (Å²) in [7, 11) is -2.15. The van der Waals surface area contributed by atoms with Crippen LogP contribution in [0.15, 0.2) is 36.8 Å². The Labute approximate surface area is 124 Å². The molecule has 2 radical (unpaired) electrons. The second kappa shape index (κ2) is 7.57. The number of hydrogen-bond acceptors (Lipinski definition) is 1. The van der Waals surface area contributed by atoms with Crippen molar-refractivity contribution >= 4 is 25.7 Å². The number of aliphatic hydroxyl groups is 1. The van der Waals surface area contributed by atoms with Crippen molar-refractivity contribution in [2.75, 3.05) is 0 Å². The largest absolute Gasteiger partial charge is 0.395 e. The molecule has 1 nitrogen and oxygen atoms in total. The average molecular weight is 311 g/mol.